The first-order chi connectivity index (χ1) is 18.5. The molecule has 0 amide bonds. The summed E-state index contributed by atoms with van der Waals surface area (Å²) in [6.07, 6.45) is 5.62. The van der Waals surface area contributed by atoms with Gasteiger partial charge >= 0.3 is 11.9 Å². The van der Waals surface area contributed by atoms with E-state index in [0.717, 1.165) is 6.42 Å². The molecule has 10 nitrogen and oxygen atoms in total. The number of rotatable bonds is 0. The van der Waals surface area contributed by atoms with Crippen molar-refractivity contribution >= 4 is 11.9 Å². The number of cyclic esters (lactones) is 1. The molecule has 12 atom stereocenters. The third kappa shape index (κ3) is 3.55. The van der Waals surface area contributed by atoms with Crippen LogP contribution in [0, 0.1) is 10.8 Å². The molecule has 2 saturated carbocycles. The number of aliphatic hydroxyl groups is 1. The maximum Gasteiger partial charge on any atom is 0.331 e. The monoisotopic (exact) mass is 544 g/mol. The zero-order valence-corrected chi connectivity index (χ0v) is 22.7. The van der Waals surface area contributed by atoms with E-state index in [-0.39, 0.29) is 36.6 Å². The lowest BCUT2D eigenvalue weighted by Crippen LogP contribution is -2.69. The van der Waals surface area contributed by atoms with E-state index in [1.54, 1.807) is 25.2 Å². The Balaban J connectivity index is 1.27. The summed E-state index contributed by atoms with van der Waals surface area (Å²) in [6, 6.07) is 0. The lowest BCUT2D eigenvalue weighted by Gasteiger charge is -2.58. The summed E-state index contributed by atoms with van der Waals surface area (Å²) in [4.78, 5) is 26.2. The van der Waals surface area contributed by atoms with Gasteiger partial charge < -0.3 is 38.3 Å². The Kier molecular flexibility index (Phi) is 5.61. The molecule has 0 aromatic carbocycles. The Hall–Kier alpha value is -2.08. The van der Waals surface area contributed by atoms with E-state index in [2.05, 4.69) is 13.8 Å². The van der Waals surface area contributed by atoms with Crippen molar-refractivity contribution in [1.29, 1.82) is 0 Å². The van der Waals surface area contributed by atoms with E-state index >= 15 is 0 Å². The van der Waals surface area contributed by atoms with Crippen molar-refractivity contribution in [2.24, 2.45) is 10.8 Å². The minimum absolute atomic E-state index is 0.0445. The van der Waals surface area contributed by atoms with Gasteiger partial charge in [0.05, 0.1) is 35.9 Å². The largest absolute Gasteiger partial charge is 0.462 e. The van der Waals surface area contributed by atoms with Crippen molar-refractivity contribution in [3.63, 3.8) is 0 Å². The summed E-state index contributed by atoms with van der Waals surface area (Å²) in [5, 5.41) is 10.8. The molecule has 10 heteroatoms. The fourth-order valence-electron chi connectivity index (χ4n) is 8.00. The predicted molar refractivity (Wildman–Crippen MR) is 133 cm³/mol. The number of aliphatic hydroxyl groups excluding tert-OH is 1. The minimum Gasteiger partial charge on any atom is -0.462 e. The van der Waals surface area contributed by atoms with Crippen LogP contribution < -0.4 is 0 Å². The average molecular weight is 545 g/mol. The molecule has 4 bridgehead atoms. The van der Waals surface area contributed by atoms with Gasteiger partial charge in [0, 0.05) is 24.0 Å². The van der Waals surface area contributed by atoms with Crippen LogP contribution in [-0.2, 0) is 42.7 Å². The summed E-state index contributed by atoms with van der Waals surface area (Å²) in [5.74, 6) is -1.05. The molecule has 5 aliphatic heterocycles. The topological polar surface area (TPSA) is 126 Å². The highest BCUT2D eigenvalue weighted by molar-refractivity contribution is 5.83. The quantitative estimate of drug-likeness (QED) is 0.357. The van der Waals surface area contributed by atoms with E-state index in [1.165, 1.54) is 12.2 Å². The lowest BCUT2D eigenvalue weighted by atomic mass is 9.50. The van der Waals surface area contributed by atoms with Gasteiger partial charge in [0.1, 0.15) is 36.6 Å². The predicted octanol–water partition coefficient (Wildman–Crippen LogP) is 1.89. The van der Waals surface area contributed by atoms with Crippen LogP contribution in [0.1, 0.15) is 47.0 Å². The summed E-state index contributed by atoms with van der Waals surface area (Å²) < 4.78 is 42.8. The molecule has 39 heavy (non-hydrogen) atoms. The Morgan fingerprint density at radius 1 is 0.974 bits per heavy atom. The number of ether oxygens (including phenoxy) is 7. The van der Waals surface area contributed by atoms with Gasteiger partial charge in [-0.2, -0.15) is 0 Å². The zero-order chi connectivity index (χ0) is 27.4. The molecule has 5 heterocycles. The van der Waals surface area contributed by atoms with E-state index in [0.29, 0.717) is 25.0 Å². The Morgan fingerprint density at radius 2 is 1.77 bits per heavy atom. The number of hydrogen-bond acceptors (Lipinski definition) is 10. The fourth-order valence-corrected chi connectivity index (χ4v) is 8.00. The normalized spacial score (nSPS) is 57.1. The van der Waals surface area contributed by atoms with Gasteiger partial charge in [-0.15, -0.1) is 0 Å². The molecule has 5 unspecified atom stereocenters. The molecular weight excluding hydrogens is 508 g/mol. The van der Waals surface area contributed by atoms with Crippen LogP contribution in [0.25, 0.3) is 0 Å². The van der Waals surface area contributed by atoms with E-state index in [9.17, 15) is 14.7 Å². The van der Waals surface area contributed by atoms with Crippen LogP contribution in [0.2, 0.25) is 0 Å². The van der Waals surface area contributed by atoms with E-state index in [4.69, 9.17) is 33.2 Å². The third-order valence-electron chi connectivity index (χ3n) is 10.6. The van der Waals surface area contributed by atoms with Crippen molar-refractivity contribution in [2.75, 3.05) is 13.2 Å². The number of allylic oxidation sites excluding steroid dienone is 2. The minimum atomic E-state index is -1.15. The highest BCUT2D eigenvalue weighted by atomic mass is 16.7. The first-order valence-electron chi connectivity index (χ1n) is 13.9. The first kappa shape index (κ1) is 25.9. The number of hydrogen-bond donors (Lipinski definition) is 1. The SMILES string of the molecule is C/C1=C\C(=O)OC[C@]23CC[C@@]4(C)O[C@H]4[C@H]2O[C@@H]2C[C@@H](OC(=O)/C=C\C=C\C4OC(OC4C)C1O)[C@@]3(C)C21CO1. The van der Waals surface area contributed by atoms with Crippen molar-refractivity contribution in [1.82, 2.24) is 0 Å². The molecule has 0 aromatic rings. The van der Waals surface area contributed by atoms with Crippen molar-refractivity contribution in [3.8, 4) is 0 Å². The number of carbonyl (C=O) groups excluding carboxylic acids is 2. The van der Waals surface area contributed by atoms with Gasteiger partial charge in [0.15, 0.2) is 6.29 Å². The Bertz CT molecular complexity index is 1170. The number of fused-ring (bicyclic) bond motifs is 4. The Morgan fingerprint density at radius 3 is 2.54 bits per heavy atom. The average Bonchev–Trinajstić information content (AvgIpc) is 3.78. The molecular formula is C29H36O10. The van der Waals surface area contributed by atoms with Gasteiger partial charge in [-0.1, -0.05) is 25.2 Å². The van der Waals surface area contributed by atoms with Crippen molar-refractivity contribution < 1.29 is 47.9 Å². The maximum absolute atomic E-state index is 13.1. The summed E-state index contributed by atoms with van der Waals surface area (Å²) in [6.45, 7) is 8.21. The van der Waals surface area contributed by atoms with Crippen LogP contribution >= 0.6 is 0 Å². The zero-order valence-electron chi connectivity index (χ0n) is 22.7. The van der Waals surface area contributed by atoms with Gasteiger partial charge in [0.25, 0.3) is 0 Å². The second-order valence-corrected chi connectivity index (χ2v) is 12.6. The van der Waals surface area contributed by atoms with Crippen LogP contribution in [0.3, 0.4) is 0 Å². The first-order valence-corrected chi connectivity index (χ1v) is 13.9. The standard InChI is InChI=1S/C29H36O10/c1-15-11-21(31)33-13-28-10-9-26(3)23(39-26)24(28)38-19-12-18(27(28,4)29(19)14-34-29)37-20(30)8-6-5-7-17-16(2)35-25(36-17)22(15)32/h5-8,11,16-19,22-25,32H,9-10,12-14H2,1-4H3/b7-5+,8-6-,15-11+/t16?,17?,18-,19-,22?,23+,24-,25?,26-,27-,28-,29?/m1/s1. The molecule has 212 valence electrons. The summed E-state index contributed by atoms with van der Waals surface area (Å²) in [7, 11) is 0. The lowest BCUT2D eigenvalue weighted by molar-refractivity contribution is -0.250. The summed E-state index contributed by atoms with van der Waals surface area (Å²) >= 11 is 0. The third-order valence-corrected chi connectivity index (χ3v) is 10.6. The van der Waals surface area contributed by atoms with Gasteiger partial charge in [-0.3, -0.25) is 0 Å². The molecule has 4 saturated heterocycles. The maximum atomic E-state index is 13.1. The smallest absolute Gasteiger partial charge is 0.331 e. The second-order valence-electron chi connectivity index (χ2n) is 12.6. The number of esters is 2. The fraction of sp³-hybridized carbons (Fsp3) is 0.724. The van der Waals surface area contributed by atoms with Gasteiger partial charge in [-0.25, -0.2) is 9.59 Å². The Labute approximate surface area is 227 Å². The molecule has 2 spiro atoms. The van der Waals surface area contributed by atoms with Gasteiger partial charge in [0.2, 0.25) is 0 Å². The van der Waals surface area contributed by atoms with E-state index < -0.39 is 53.0 Å². The van der Waals surface area contributed by atoms with Crippen LogP contribution in [0.5, 0.6) is 0 Å². The molecule has 1 N–H and O–H groups in total. The van der Waals surface area contributed by atoms with Gasteiger partial charge in [-0.05, 0) is 39.2 Å². The van der Waals surface area contributed by atoms with E-state index in [1.807, 2.05) is 6.92 Å². The highest BCUT2D eigenvalue weighted by Crippen LogP contribution is 2.75. The number of carbonyl (C=O) groups is 2. The highest BCUT2D eigenvalue weighted by Gasteiger charge is 2.86. The molecule has 7 aliphatic rings. The molecule has 2 aliphatic carbocycles. The second kappa shape index (κ2) is 8.47. The molecule has 0 radical (unpaired) electrons. The number of epoxide rings is 2. The van der Waals surface area contributed by atoms with Crippen LogP contribution in [-0.4, -0.2) is 90.5 Å². The van der Waals surface area contributed by atoms with Crippen molar-refractivity contribution in [2.45, 2.75) is 107 Å². The molecule has 6 fully saturated rings. The van der Waals surface area contributed by atoms with Crippen LogP contribution in [0.4, 0.5) is 0 Å². The molecule has 0 aromatic heterocycles. The summed E-state index contributed by atoms with van der Waals surface area (Å²) in [5.41, 5.74) is -1.87. The van der Waals surface area contributed by atoms with Crippen LogP contribution in [0.15, 0.2) is 36.0 Å². The molecule has 7 rings (SSSR count). The van der Waals surface area contributed by atoms with Crippen molar-refractivity contribution in [3.05, 3.63) is 36.0 Å².